The quantitative estimate of drug-likeness (QED) is 0.548. The number of nitrogens with two attached hydrogens (primary N) is 1. The topological polar surface area (TPSA) is 78.6 Å². The largest absolute Gasteiger partial charge is 0.390 e. The molecule has 1 saturated heterocycles. The van der Waals surface area contributed by atoms with Gasteiger partial charge < -0.3 is 16.2 Å². The molecule has 0 bridgehead atoms. The first-order valence-corrected chi connectivity index (χ1v) is 5.34. The number of aliphatic hydroxyl groups excluding tert-OH is 1. The second-order valence-electron chi connectivity index (χ2n) is 4.51. The van der Waals surface area contributed by atoms with E-state index in [1.54, 1.807) is 7.05 Å². The molecule has 0 aromatic rings. The van der Waals surface area contributed by atoms with Crippen LogP contribution in [0.2, 0.25) is 0 Å². The number of amides is 1. The summed E-state index contributed by atoms with van der Waals surface area (Å²) in [7, 11) is 1.66. The second-order valence-corrected chi connectivity index (χ2v) is 4.51. The Morgan fingerprint density at radius 1 is 1.73 bits per heavy atom. The maximum atomic E-state index is 11.6. The Hall–Kier alpha value is -0.650. The first-order valence-electron chi connectivity index (χ1n) is 5.34. The Labute approximate surface area is 90.6 Å². The molecular weight excluding hydrogens is 194 g/mol. The van der Waals surface area contributed by atoms with E-state index in [0.717, 1.165) is 13.0 Å². The van der Waals surface area contributed by atoms with Crippen molar-refractivity contribution in [1.29, 1.82) is 0 Å². The van der Waals surface area contributed by atoms with E-state index in [0.29, 0.717) is 13.1 Å². The summed E-state index contributed by atoms with van der Waals surface area (Å²) in [5.74, 6) is 0.0761. The lowest BCUT2D eigenvalue weighted by Gasteiger charge is -2.23. The minimum Gasteiger partial charge on any atom is -0.390 e. The molecule has 1 fully saturated rings. The van der Waals surface area contributed by atoms with E-state index in [9.17, 15) is 9.90 Å². The van der Waals surface area contributed by atoms with Crippen LogP contribution in [0.25, 0.3) is 0 Å². The predicted molar refractivity (Wildman–Crippen MR) is 58.3 cm³/mol. The third-order valence-corrected chi connectivity index (χ3v) is 3.07. The summed E-state index contributed by atoms with van der Waals surface area (Å²) in [6, 6.07) is 0. The van der Waals surface area contributed by atoms with Gasteiger partial charge in [0.05, 0.1) is 11.5 Å². The van der Waals surface area contributed by atoms with Crippen LogP contribution in [0.3, 0.4) is 0 Å². The van der Waals surface area contributed by atoms with E-state index < -0.39 is 6.10 Å². The number of rotatable bonds is 4. The Morgan fingerprint density at radius 3 is 2.93 bits per heavy atom. The molecule has 0 aromatic heterocycles. The molecule has 1 amide bonds. The molecule has 15 heavy (non-hydrogen) atoms. The fourth-order valence-electron chi connectivity index (χ4n) is 2.07. The van der Waals surface area contributed by atoms with Gasteiger partial charge >= 0.3 is 0 Å². The standard InChI is InChI=1S/C10H21N3O2/c1-10(9(15)12-2)3-4-13(7-10)6-8(14)5-11/h8,14H,3-7,11H2,1-2H3,(H,12,15). The molecule has 1 heterocycles. The van der Waals surface area contributed by atoms with Crippen LogP contribution in [-0.4, -0.2) is 55.2 Å². The highest BCUT2D eigenvalue weighted by molar-refractivity contribution is 5.82. The molecule has 5 nitrogen and oxygen atoms in total. The number of hydrogen-bond acceptors (Lipinski definition) is 4. The molecule has 4 N–H and O–H groups in total. The zero-order valence-electron chi connectivity index (χ0n) is 9.49. The summed E-state index contributed by atoms with van der Waals surface area (Å²) < 4.78 is 0. The Balaban J connectivity index is 2.47. The van der Waals surface area contributed by atoms with Gasteiger partial charge in [-0.2, -0.15) is 0 Å². The van der Waals surface area contributed by atoms with Crippen LogP contribution in [0, 0.1) is 5.41 Å². The summed E-state index contributed by atoms with van der Waals surface area (Å²) in [5.41, 5.74) is 5.03. The van der Waals surface area contributed by atoms with Crippen LogP contribution in [0.4, 0.5) is 0 Å². The van der Waals surface area contributed by atoms with Crippen LogP contribution < -0.4 is 11.1 Å². The molecule has 5 heteroatoms. The first kappa shape index (κ1) is 12.4. The van der Waals surface area contributed by atoms with Gasteiger partial charge in [0.2, 0.25) is 5.91 Å². The van der Waals surface area contributed by atoms with Gasteiger partial charge in [-0.25, -0.2) is 0 Å². The van der Waals surface area contributed by atoms with Gasteiger partial charge in [0.1, 0.15) is 0 Å². The van der Waals surface area contributed by atoms with E-state index in [1.807, 2.05) is 6.92 Å². The van der Waals surface area contributed by atoms with Crippen molar-refractivity contribution in [1.82, 2.24) is 10.2 Å². The first-order chi connectivity index (χ1) is 7.01. The molecule has 0 saturated carbocycles. The average molecular weight is 215 g/mol. The molecule has 0 spiro atoms. The highest BCUT2D eigenvalue weighted by Gasteiger charge is 2.39. The Bertz CT molecular complexity index is 235. The number of aliphatic hydroxyl groups is 1. The van der Waals surface area contributed by atoms with Gasteiger partial charge in [-0.1, -0.05) is 0 Å². The molecule has 0 aromatic carbocycles. The van der Waals surface area contributed by atoms with E-state index in [2.05, 4.69) is 10.2 Å². The van der Waals surface area contributed by atoms with E-state index in [1.165, 1.54) is 0 Å². The van der Waals surface area contributed by atoms with Crippen molar-refractivity contribution in [3.63, 3.8) is 0 Å². The Kier molecular flexibility index (Phi) is 4.07. The third kappa shape index (κ3) is 2.90. The normalized spacial score (nSPS) is 29.1. The molecular formula is C10H21N3O2. The molecule has 1 aliphatic heterocycles. The molecule has 88 valence electrons. The third-order valence-electron chi connectivity index (χ3n) is 3.07. The van der Waals surface area contributed by atoms with Crippen LogP contribution in [0.15, 0.2) is 0 Å². The number of likely N-dealkylation sites (tertiary alicyclic amines) is 1. The van der Waals surface area contributed by atoms with Crippen LogP contribution in [0.1, 0.15) is 13.3 Å². The summed E-state index contributed by atoms with van der Waals surface area (Å²) in [5, 5.41) is 12.1. The molecule has 2 unspecified atom stereocenters. The monoisotopic (exact) mass is 215 g/mol. The lowest BCUT2D eigenvalue weighted by atomic mass is 9.89. The molecule has 0 radical (unpaired) electrons. The van der Waals surface area contributed by atoms with Crippen molar-refractivity contribution in [3.05, 3.63) is 0 Å². The van der Waals surface area contributed by atoms with Gasteiger partial charge in [-0.3, -0.25) is 9.69 Å². The Morgan fingerprint density at radius 2 is 2.40 bits per heavy atom. The SMILES string of the molecule is CNC(=O)C1(C)CCN(CC(O)CN)C1. The summed E-state index contributed by atoms with van der Waals surface area (Å²) in [6.07, 6.45) is 0.348. The lowest BCUT2D eigenvalue weighted by molar-refractivity contribution is -0.129. The minimum atomic E-state index is -0.489. The minimum absolute atomic E-state index is 0.0761. The number of β-amino-alcohol motifs (C(OH)–C–C–N with tert-alkyl or cyclic N) is 1. The van der Waals surface area contributed by atoms with Crippen molar-refractivity contribution in [2.45, 2.75) is 19.4 Å². The van der Waals surface area contributed by atoms with Crippen LogP contribution >= 0.6 is 0 Å². The highest BCUT2D eigenvalue weighted by atomic mass is 16.3. The number of carbonyl (C=O) groups excluding carboxylic acids is 1. The predicted octanol–water partition coefficient (Wildman–Crippen LogP) is -1.24. The lowest BCUT2D eigenvalue weighted by Crippen LogP contribution is -2.41. The molecule has 2 atom stereocenters. The number of nitrogens with one attached hydrogen (secondary N) is 1. The van der Waals surface area contributed by atoms with E-state index >= 15 is 0 Å². The van der Waals surface area contributed by atoms with Crippen molar-refractivity contribution in [2.24, 2.45) is 11.1 Å². The van der Waals surface area contributed by atoms with Crippen LogP contribution in [-0.2, 0) is 4.79 Å². The van der Waals surface area contributed by atoms with Gasteiger partial charge in [-0.15, -0.1) is 0 Å². The fraction of sp³-hybridized carbons (Fsp3) is 0.900. The second kappa shape index (κ2) is 4.92. The van der Waals surface area contributed by atoms with Crippen molar-refractivity contribution in [3.8, 4) is 0 Å². The smallest absolute Gasteiger partial charge is 0.227 e. The summed E-state index contributed by atoms with van der Waals surface area (Å²) >= 11 is 0. The summed E-state index contributed by atoms with van der Waals surface area (Å²) in [4.78, 5) is 13.7. The number of nitrogens with zero attached hydrogens (tertiary/aromatic N) is 1. The zero-order valence-corrected chi connectivity index (χ0v) is 9.49. The fourth-order valence-corrected chi connectivity index (χ4v) is 2.07. The van der Waals surface area contributed by atoms with Crippen molar-refractivity contribution >= 4 is 5.91 Å². The maximum Gasteiger partial charge on any atom is 0.227 e. The van der Waals surface area contributed by atoms with Gasteiger partial charge in [0.25, 0.3) is 0 Å². The molecule has 0 aliphatic carbocycles. The maximum absolute atomic E-state index is 11.6. The zero-order chi connectivity index (χ0) is 11.5. The van der Waals surface area contributed by atoms with E-state index in [4.69, 9.17) is 5.73 Å². The van der Waals surface area contributed by atoms with Crippen LogP contribution in [0.5, 0.6) is 0 Å². The van der Waals surface area contributed by atoms with Gasteiger partial charge in [0, 0.05) is 26.7 Å². The van der Waals surface area contributed by atoms with Crippen molar-refractivity contribution < 1.29 is 9.90 Å². The number of hydrogen-bond donors (Lipinski definition) is 3. The van der Waals surface area contributed by atoms with Gasteiger partial charge in [0.15, 0.2) is 0 Å². The van der Waals surface area contributed by atoms with Crippen molar-refractivity contribution in [2.75, 3.05) is 33.2 Å². The number of carbonyl (C=O) groups is 1. The average Bonchev–Trinajstić information content (AvgIpc) is 2.60. The highest BCUT2D eigenvalue weighted by Crippen LogP contribution is 2.29. The van der Waals surface area contributed by atoms with Gasteiger partial charge in [-0.05, 0) is 19.9 Å². The molecule has 1 aliphatic rings. The summed E-state index contributed by atoms with van der Waals surface area (Å²) in [6.45, 7) is 4.33. The molecule has 1 rings (SSSR count). The van der Waals surface area contributed by atoms with E-state index in [-0.39, 0.29) is 17.9 Å².